The standard InChI is InChI=1S/C38H39ClN6O4/c1-25-18-26-6-4-5-7-27(26)22-44(25)37(47)32-13-8-28(39)19-33(32)35-20-34(36(42(35)3)24-43-14-16-49-17-15-43)38(48)45(30-21-40-41(2)23-30)29-9-11-31(46)12-10-29/h4-13,19-21,23,25,46H,14-18,22,24H2,1-3H3/t25-/m1/s1. The molecule has 3 aromatic carbocycles. The smallest absolute Gasteiger partial charge is 0.264 e. The van der Waals surface area contributed by atoms with Crippen LogP contribution in [0.2, 0.25) is 5.02 Å². The number of ether oxygens (including phenoxy) is 1. The molecular formula is C38H39ClN6O4. The van der Waals surface area contributed by atoms with Gasteiger partial charge >= 0.3 is 0 Å². The minimum atomic E-state index is -0.264. The average Bonchev–Trinajstić information content (AvgIpc) is 3.67. The van der Waals surface area contributed by atoms with Crippen molar-refractivity contribution >= 4 is 34.8 Å². The van der Waals surface area contributed by atoms with E-state index in [4.69, 9.17) is 16.3 Å². The van der Waals surface area contributed by atoms with Gasteiger partial charge in [0.05, 0.1) is 30.7 Å². The maximum atomic E-state index is 14.9. The fraction of sp³-hybridized carbons (Fsp3) is 0.289. The number of carbonyl (C=O) groups excluding carboxylic acids is 2. The summed E-state index contributed by atoms with van der Waals surface area (Å²) < 4.78 is 9.28. The van der Waals surface area contributed by atoms with Gasteiger partial charge in [0.2, 0.25) is 0 Å². The summed E-state index contributed by atoms with van der Waals surface area (Å²) in [5.41, 5.74) is 6.75. The Hall–Kier alpha value is -4.90. The van der Waals surface area contributed by atoms with Crippen LogP contribution in [0.5, 0.6) is 5.75 Å². The van der Waals surface area contributed by atoms with Gasteiger partial charge in [-0.2, -0.15) is 5.10 Å². The summed E-state index contributed by atoms with van der Waals surface area (Å²) in [5, 5.41) is 14.9. The maximum absolute atomic E-state index is 14.9. The van der Waals surface area contributed by atoms with Crippen LogP contribution in [0.15, 0.2) is 85.2 Å². The number of phenolic OH excluding ortho intramolecular Hbond substituents is 1. The van der Waals surface area contributed by atoms with Crippen molar-refractivity contribution in [1.82, 2.24) is 24.1 Å². The number of aryl methyl sites for hydroxylation is 1. The van der Waals surface area contributed by atoms with E-state index in [1.54, 1.807) is 65.4 Å². The Kier molecular flexibility index (Phi) is 9.02. The fourth-order valence-corrected chi connectivity index (χ4v) is 7.07. The number of hydrogen-bond donors (Lipinski definition) is 1. The predicted molar refractivity (Wildman–Crippen MR) is 189 cm³/mol. The highest BCUT2D eigenvalue weighted by Crippen LogP contribution is 2.36. The van der Waals surface area contributed by atoms with Crippen LogP contribution in [0.25, 0.3) is 11.3 Å². The first-order valence-corrected chi connectivity index (χ1v) is 16.8. The van der Waals surface area contributed by atoms with Gasteiger partial charge in [-0.3, -0.25) is 24.1 Å². The second-order valence-corrected chi connectivity index (χ2v) is 13.2. The molecule has 2 aromatic heterocycles. The lowest BCUT2D eigenvalue weighted by atomic mass is 9.93. The average molecular weight is 679 g/mol. The molecule has 0 radical (unpaired) electrons. The molecule has 0 aliphatic carbocycles. The zero-order valence-electron chi connectivity index (χ0n) is 27.8. The van der Waals surface area contributed by atoms with Crippen LogP contribution in [-0.4, -0.2) is 73.4 Å². The number of carbonyl (C=O) groups is 2. The molecule has 1 saturated heterocycles. The number of hydrogen-bond acceptors (Lipinski definition) is 6. The fourth-order valence-electron chi connectivity index (χ4n) is 6.90. The molecule has 2 aliphatic rings. The van der Waals surface area contributed by atoms with Gasteiger partial charge < -0.3 is 19.3 Å². The molecule has 11 heteroatoms. The van der Waals surface area contributed by atoms with Crippen LogP contribution < -0.4 is 4.90 Å². The summed E-state index contributed by atoms with van der Waals surface area (Å²) in [4.78, 5) is 35.1. The normalized spacial score (nSPS) is 16.4. The van der Waals surface area contributed by atoms with Gasteiger partial charge in [0.15, 0.2) is 0 Å². The number of benzene rings is 3. The molecule has 0 spiro atoms. The minimum Gasteiger partial charge on any atom is -0.508 e. The second-order valence-electron chi connectivity index (χ2n) is 12.8. The quantitative estimate of drug-likeness (QED) is 0.221. The van der Waals surface area contributed by atoms with Gasteiger partial charge in [0.25, 0.3) is 11.8 Å². The van der Waals surface area contributed by atoms with E-state index in [2.05, 4.69) is 29.1 Å². The van der Waals surface area contributed by atoms with Crippen molar-refractivity contribution in [3.05, 3.63) is 118 Å². The first kappa shape index (κ1) is 32.6. The van der Waals surface area contributed by atoms with Crippen LogP contribution in [0.4, 0.5) is 11.4 Å². The summed E-state index contributed by atoms with van der Waals surface area (Å²) in [6.45, 7) is 5.78. The topological polar surface area (TPSA) is 96.1 Å². The van der Waals surface area contributed by atoms with E-state index in [1.807, 2.05) is 40.8 Å². The molecule has 7 rings (SSSR count). The predicted octanol–water partition coefficient (Wildman–Crippen LogP) is 6.18. The van der Waals surface area contributed by atoms with Crippen LogP contribution in [-0.2, 0) is 38.3 Å². The lowest BCUT2D eigenvalue weighted by Crippen LogP contribution is -2.42. The first-order valence-electron chi connectivity index (χ1n) is 16.5. The maximum Gasteiger partial charge on any atom is 0.264 e. The molecule has 2 aliphatic heterocycles. The van der Waals surface area contributed by atoms with Gasteiger partial charge in [-0.1, -0.05) is 35.9 Å². The molecule has 252 valence electrons. The molecule has 1 fully saturated rings. The highest BCUT2D eigenvalue weighted by Gasteiger charge is 2.32. The van der Waals surface area contributed by atoms with Crippen molar-refractivity contribution in [2.24, 2.45) is 14.1 Å². The molecule has 10 nitrogen and oxygen atoms in total. The molecule has 0 unspecified atom stereocenters. The molecule has 0 bridgehead atoms. The first-order chi connectivity index (χ1) is 23.7. The number of aromatic nitrogens is 3. The summed E-state index contributed by atoms with van der Waals surface area (Å²) in [6, 6.07) is 22.0. The van der Waals surface area contributed by atoms with Crippen molar-refractivity contribution in [2.45, 2.75) is 32.5 Å². The Labute approximate surface area is 290 Å². The number of anilines is 2. The Balaban J connectivity index is 1.34. The number of halogens is 1. The SMILES string of the molecule is C[C@@H]1Cc2ccccc2CN1C(=O)c1ccc(Cl)cc1-c1cc(C(=O)N(c2ccc(O)cc2)c2cnn(C)c2)c(CN2CCOCC2)n1C. The third-order valence-electron chi connectivity index (χ3n) is 9.58. The number of fused-ring (bicyclic) bond motifs is 1. The molecule has 0 saturated carbocycles. The second kappa shape index (κ2) is 13.5. The Morgan fingerprint density at radius 2 is 1.69 bits per heavy atom. The number of phenols is 1. The highest BCUT2D eigenvalue weighted by atomic mass is 35.5. The van der Waals surface area contributed by atoms with Gasteiger partial charge in [-0.05, 0) is 73.0 Å². The van der Waals surface area contributed by atoms with Crippen molar-refractivity contribution in [3.63, 3.8) is 0 Å². The third kappa shape index (κ3) is 6.47. The summed E-state index contributed by atoms with van der Waals surface area (Å²) in [5.74, 6) is -0.250. The molecule has 4 heterocycles. The van der Waals surface area contributed by atoms with E-state index in [0.717, 1.165) is 30.8 Å². The van der Waals surface area contributed by atoms with Gasteiger partial charge in [0, 0.05) is 85.7 Å². The number of aromatic hydroxyl groups is 1. The number of morpholine rings is 1. The largest absolute Gasteiger partial charge is 0.508 e. The van der Waals surface area contributed by atoms with Crippen LogP contribution >= 0.6 is 11.6 Å². The Morgan fingerprint density at radius 3 is 2.41 bits per heavy atom. The molecule has 49 heavy (non-hydrogen) atoms. The van der Waals surface area contributed by atoms with E-state index in [1.165, 1.54) is 5.56 Å². The summed E-state index contributed by atoms with van der Waals surface area (Å²) in [7, 11) is 3.73. The van der Waals surface area contributed by atoms with E-state index >= 15 is 0 Å². The van der Waals surface area contributed by atoms with E-state index in [9.17, 15) is 14.7 Å². The molecule has 2 amide bonds. The zero-order valence-corrected chi connectivity index (χ0v) is 28.6. The molecule has 5 aromatic rings. The molecule has 1 atom stereocenters. The van der Waals surface area contributed by atoms with Crippen molar-refractivity contribution < 1.29 is 19.4 Å². The Bertz CT molecular complexity index is 2010. The highest BCUT2D eigenvalue weighted by molar-refractivity contribution is 6.31. The lowest BCUT2D eigenvalue weighted by Gasteiger charge is -2.35. The van der Waals surface area contributed by atoms with Crippen molar-refractivity contribution in [2.75, 3.05) is 31.2 Å². The van der Waals surface area contributed by atoms with E-state index in [0.29, 0.717) is 65.1 Å². The van der Waals surface area contributed by atoms with Crippen molar-refractivity contribution in [3.8, 4) is 17.0 Å². The van der Waals surface area contributed by atoms with Crippen molar-refractivity contribution in [1.29, 1.82) is 0 Å². The van der Waals surface area contributed by atoms with Gasteiger partial charge in [-0.25, -0.2) is 0 Å². The van der Waals surface area contributed by atoms with Crippen LogP contribution in [0, 0.1) is 0 Å². The van der Waals surface area contributed by atoms with Gasteiger partial charge in [0.1, 0.15) is 5.75 Å². The zero-order chi connectivity index (χ0) is 34.2. The van der Waals surface area contributed by atoms with Crippen LogP contribution in [0.1, 0.15) is 44.5 Å². The monoisotopic (exact) mass is 678 g/mol. The minimum absolute atomic E-state index is 0.00621. The third-order valence-corrected chi connectivity index (χ3v) is 9.82. The molecule has 1 N–H and O–H groups in total. The molecular weight excluding hydrogens is 640 g/mol. The van der Waals surface area contributed by atoms with E-state index < -0.39 is 0 Å². The van der Waals surface area contributed by atoms with Gasteiger partial charge in [-0.15, -0.1) is 0 Å². The van der Waals surface area contributed by atoms with Crippen LogP contribution in [0.3, 0.4) is 0 Å². The summed E-state index contributed by atoms with van der Waals surface area (Å²) >= 11 is 6.63. The summed E-state index contributed by atoms with van der Waals surface area (Å²) in [6.07, 6.45) is 4.20. The number of nitrogens with zero attached hydrogens (tertiary/aromatic N) is 6. The number of amides is 2. The lowest BCUT2D eigenvalue weighted by molar-refractivity contribution is 0.0332. The Morgan fingerprint density at radius 1 is 0.959 bits per heavy atom. The van der Waals surface area contributed by atoms with E-state index in [-0.39, 0.29) is 23.6 Å². The number of rotatable bonds is 7.